The maximum Gasteiger partial charge on any atom is 0.236 e. The number of nitrogens with zero attached hydrogens (tertiary/aromatic N) is 3. The monoisotopic (exact) mass is 382 g/mol. The van der Waals surface area contributed by atoms with E-state index in [4.69, 9.17) is 4.42 Å². The number of carbonyl (C=O) groups is 1. The summed E-state index contributed by atoms with van der Waals surface area (Å²) in [6, 6.07) is 11.3. The number of amides is 1. The first-order valence-corrected chi connectivity index (χ1v) is 9.71. The van der Waals surface area contributed by atoms with Crippen LogP contribution in [-0.4, -0.2) is 26.6 Å². The number of hydrogen-bond donors (Lipinski definition) is 1. The lowest BCUT2D eigenvalue weighted by atomic mass is 10.2. The molecule has 0 radical (unpaired) electrons. The third-order valence-corrected chi connectivity index (χ3v) is 5.38. The zero-order chi connectivity index (χ0) is 17.9. The molecule has 0 unspecified atom stereocenters. The van der Waals surface area contributed by atoms with Crippen molar-refractivity contribution in [1.82, 2.24) is 15.0 Å². The van der Waals surface area contributed by atoms with Crippen LogP contribution in [0.4, 0.5) is 5.13 Å². The molecule has 8 heteroatoms. The van der Waals surface area contributed by atoms with Crippen LogP contribution in [-0.2, 0) is 4.79 Å². The van der Waals surface area contributed by atoms with E-state index in [0.29, 0.717) is 16.7 Å². The van der Waals surface area contributed by atoms with Gasteiger partial charge in [-0.1, -0.05) is 30.0 Å². The molecule has 3 heterocycles. The second kappa shape index (κ2) is 7.27. The Morgan fingerprint density at radius 1 is 1.19 bits per heavy atom. The molecule has 26 heavy (non-hydrogen) atoms. The molecule has 1 N–H and O–H groups in total. The van der Waals surface area contributed by atoms with Gasteiger partial charge in [0, 0.05) is 10.8 Å². The predicted molar refractivity (Wildman–Crippen MR) is 103 cm³/mol. The molecular weight excluding hydrogens is 368 g/mol. The highest BCUT2D eigenvalue weighted by Gasteiger charge is 2.13. The second-order valence-electron chi connectivity index (χ2n) is 5.48. The van der Waals surface area contributed by atoms with E-state index < -0.39 is 0 Å². The number of hydrogen-bond acceptors (Lipinski definition) is 7. The number of thioether (sulfide) groups is 1. The van der Waals surface area contributed by atoms with E-state index in [1.807, 2.05) is 42.6 Å². The number of aryl methyl sites for hydroxylation is 1. The van der Waals surface area contributed by atoms with Crippen molar-refractivity contribution in [2.24, 2.45) is 0 Å². The molecule has 0 aliphatic rings. The van der Waals surface area contributed by atoms with Crippen molar-refractivity contribution in [2.75, 3.05) is 11.1 Å². The summed E-state index contributed by atoms with van der Waals surface area (Å²) in [6.07, 6.45) is 1.59. The molecule has 0 aliphatic heterocycles. The van der Waals surface area contributed by atoms with Crippen LogP contribution < -0.4 is 5.32 Å². The summed E-state index contributed by atoms with van der Waals surface area (Å²) in [5, 5.41) is 6.97. The van der Waals surface area contributed by atoms with Gasteiger partial charge in [-0.25, -0.2) is 15.0 Å². The highest BCUT2D eigenvalue weighted by Crippen LogP contribution is 2.28. The number of aromatic nitrogens is 3. The fourth-order valence-corrected chi connectivity index (χ4v) is 3.90. The van der Waals surface area contributed by atoms with Gasteiger partial charge in [-0.05, 0) is 25.1 Å². The van der Waals surface area contributed by atoms with Gasteiger partial charge in [0.15, 0.2) is 16.7 Å². The second-order valence-corrected chi connectivity index (χ2v) is 7.30. The summed E-state index contributed by atoms with van der Waals surface area (Å²) in [4.78, 5) is 25.6. The molecule has 0 spiro atoms. The normalized spacial score (nSPS) is 11.0. The van der Waals surface area contributed by atoms with E-state index in [-0.39, 0.29) is 11.7 Å². The molecular formula is C18H14N4O2S2. The number of benzene rings is 1. The van der Waals surface area contributed by atoms with Crippen molar-refractivity contribution in [3.8, 4) is 11.6 Å². The lowest BCUT2D eigenvalue weighted by Crippen LogP contribution is -2.14. The lowest BCUT2D eigenvalue weighted by molar-refractivity contribution is -0.113. The molecule has 6 nitrogen and oxygen atoms in total. The Morgan fingerprint density at radius 3 is 2.85 bits per heavy atom. The largest absolute Gasteiger partial charge is 0.461 e. The topological polar surface area (TPSA) is 80.9 Å². The molecule has 0 bridgehead atoms. The highest BCUT2D eigenvalue weighted by molar-refractivity contribution is 8.00. The van der Waals surface area contributed by atoms with Crippen LogP contribution in [0.5, 0.6) is 0 Å². The first-order chi connectivity index (χ1) is 12.7. The minimum atomic E-state index is -0.119. The molecule has 0 saturated carbocycles. The summed E-state index contributed by atoms with van der Waals surface area (Å²) >= 11 is 2.78. The van der Waals surface area contributed by atoms with Crippen molar-refractivity contribution in [2.45, 2.75) is 11.9 Å². The van der Waals surface area contributed by atoms with Crippen molar-refractivity contribution in [3.63, 3.8) is 0 Å². The number of rotatable bonds is 5. The van der Waals surface area contributed by atoms with E-state index >= 15 is 0 Å². The Kier molecular flexibility index (Phi) is 4.68. The van der Waals surface area contributed by atoms with Crippen LogP contribution in [0.15, 0.2) is 57.5 Å². The van der Waals surface area contributed by atoms with Crippen molar-refractivity contribution in [3.05, 3.63) is 53.7 Å². The minimum absolute atomic E-state index is 0.119. The van der Waals surface area contributed by atoms with Gasteiger partial charge < -0.3 is 9.73 Å². The number of thiazole rings is 1. The van der Waals surface area contributed by atoms with Gasteiger partial charge in [-0.15, -0.1) is 11.3 Å². The molecule has 1 aromatic carbocycles. The Balaban J connectivity index is 1.57. The standard InChI is InChI=1S/C18H14N4O2S2/c1-11-9-26-18(19-11)21-15(23)10-25-17-12-5-2-3-6-13(12)20-16(22-17)14-7-4-8-24-14/h2-9H,10H2,1H3,(H,19,21,23). The predicted octanol–water partition coefficient (Wildman–Crippen LogP) is 4.39. The Hall–Kier alpha value is -2.71. The first-order valence-electron chi connectivity index (χ1n) is 7.84. The van der Waals surface area contributed by atoms with Gasteiger partial charge in [-0.3, -0.25) is 4.79 Å². The molecule has 4 aromatic rings. The summed E-state index contributed by atoms with van der Waals surface area (Å²) < 4.78 is 5.41. The summed E-state index contributed by atoms with van der Waals surface area (Å²) in [7, 11) is 0. The van der Waals surface area contributed by atoms with E-state index in [9.17, 15) is 4.79 Å². The number of para-hydroxylation sites is 1. The van der Waals surface area contributed by atoms with Crippen molar-refractivity contribution >= 4 is 45.0 Å². The van der Waals surface area contributed by atoms with Gasteiger partial charge in [0.25, 0.3) is 0 Å². The van der Waals surface area contributed by atoms with E-state index in [2.05, 4.69) is 20.3 Å². The van der Waals surface area contributed by atoms with Gasteiger partial charge in [0.2, 0.25) is 5.91 Å². The van der Waals surface area contributed by atoms with Crippen LogP contribution in [0.2, 0.25) is 0 Å². The number of furan rings is 1. The van der Waals surface area contributed by atoms with Crippen LogP contribution in [0, 0.1) is 6.92 Å². The Labute approximate surface area is 157 Å². The molecule has 4 rings (SSSR count). The average Bonchev–Trinajstić information content (AvgIpc) is 3.31. The molecule has 0 fully saturated rings. The quantitative estimate of drug-likeness (QED) is 0.407. The van der Waals surface area contributed by atoms with Gasteiger partial charge >= 0.3 is 0 Å². The highest BCUT2D eigenvalue weighted by atomic mass is 32.2. The van der Waals surface area contributed by atoms with Gasteiger partial charge in [0.1, 0.15) is 5.03 Å². The summed E-state index contributed by atoms with van der Waals surface area (Å²) in [5.41, 5.74) is 1.70. The number of nitrogens with one attached hydrogen (secondary N) is 1. The molecule has 130 valence electrons. The van der Waals surface area contributed by atoms with Crippen LogP contribution >= 0.6 is 23.1 Å². The summed E-state index contributed by atoms with van der Waals surface area (Å²) in [6.45, 7) is 1.89. The Bertz CT molecular complexity index is 1060. The van der Waals surface area contributed by atoms with Gasteiger partial charge in [0.05, 0.1) is 23.2 Å². The molecule has 0 saturated heterocycles. The SMILES string of the molecule is Cc1csc(NC(=O)CSc2nc(-c3ccco3)nc3ccccc23)n1. The fraction of sp³-hybridized carbons (Fsp3) is 0.111. The van der Waals surface area contributed by atoms with E-state index in [1.54, 1.807) is 12.3 Å². The maximum atomic E-state index is 12.2. The number of fused-ring (bicyclic) bond motifs is 1. The van der Waals surface area contributed by atoms with Crippen molar-refractivity contribution < 1.29 is 9.21 Å². The Morgan fingerprint density at radius 2 is 2.08 bits per heavy atom. The molecule has 3 aromatic heterocycles. The van der Waals surface area contributed by atoms with Gasteiger partial charge in [-0.2, -0.15) is 0 Å². The lowest BCUT2D eigenvalue weighted by Gasteiger charge is -2.07. The zero-order valence-corrected chi connectivity index (χ0v) is 15.4. The minimum Gasteiger partial charge on any atom is -0.461 e. The van der Waals surface area contributed by atoms with E-state index in [0.717, 1.165) is 21.6 Å². The number of anilines is 1. The van der Waals surface area contributed by atoms with E-state index in [1.165, 1.54) is 23.1 Å². The maximum absolute atomic E-state index is 12.2. The third kappa shape index (κ3) is 3.61. The van der Waals surface area contributed by atoms with Crippen LogP contribution in [0.3, 0.4) is 0 Å². The molecule has 0 aliphatic carbocycles. The van der Waals surface area contributed by atoms with Crippen LogP contribution in [0.25, 0.3) is 22.5 Å². The first kappa shape index (κ1) is 16.7. The van der Waals surface area contributed by atoms with Crippen LogP contribution in [0.1, 0.15) is 5.69 Å². The molecule has 1 amide bonds. The average molecular weight is 382 g/mol. The zero-order valence-electron chi connectivity index (χ0n) is 13.8. The third-order valence-electron chi connectivity index (χ3n) is 3.52. The smallest absolute Gasteiger partial charge is 0.236 e. The van der Waals surface area contributed by atoms with Crippen molar-refractivity contribution in [1.29, 1.82) is 0 Å². The molecule has 0 atom stereocenters. The summed E-state index contributed by atoms with van der Waals surface area (Å²) in [5.74, 6) is 1.22. The number of carbonyl (C=O) groups excluding carboxylic acids is 1. The fourth-order valence-electron chi connectivity index (χ4n) is 2.37.